The van der Waals surface area contributed by atoms with E-state index in [9.17, 15) is 8.78 Å². The molecule has 94 valence electrons. The van der Waals surface area contributed by atoms with E-state index in [1.807, 2.05) is 25.1 Å². The molecule has 2 rings (SSSR count). The zero-order valence-corrected chi connectivity index (χ0v) is 10.0. The number of hydrogen-bond acceptors (Lipinski definition) is 2. The quantitative estimate of drug-likeness (QED) is 0.898. The second kappa shape index (κ2) is 5.69. The molecule has 0 aliphatic rings. The van der Waals surface area contributed by atoms with Gasteiger partial charge >= 0.3 is 0 Å². The maximum Gasteiger partial charge on any atom is 0.127 e. The van der Waals surface area contributed by atoms with Crippen molar-refractivity contribution < 1.29 is 8.78 Å². The molecule has 1 aromatic heterocycles. The predicted octanol–water partition coefficient (Wildman–Crippen LogP) is 3.21. The summed E-state index contributed by atoms with van der Waals surface area (Å²) >= 11 is 0. The van der Waals surface area contributed by atoms with Gasteiger partial charge in [-0.2, -0.15) is 0 Å². The van der Waals surface area contributed by atoms with Gasteiger partial charge in [-0.25, -0.2) is 8.78 Å². The third-order valence-corrected chi connectivity index (χ3v) is 2.74. The molecule has 0 saturated heterocycles. The van der Waals surface area contributed by atoms with Crippen LogP contribution in [0.4, 0.5) is 8.78 Å². The van der Waals surface area contributed by atoms with Crippen LogP contribution in [-0.2, 0) is 6.54 Å². The molecule has 0 aliphatic heterocycles. The Bertz CT molecular complexity index is 514. The van der Waals surface area contributed by atoms with E-state index < -0.39 is 11.6 Å². The van der Waals surface area contributed by atoms with Gasteiger partial charge in [0.05, 0.1) is 5.69 Å². The minimum absolute atomic E-state index is 0.0196. The normalized spacial score (nSPS) is 12.4. The molecule has 0 radical (unpaired) electrons. The number of nitrogens with zero attached hydrogens (tertiary/aromatic N) is 1. The van der Waals surface area contributed by atoms with Crippen LogP contribution in [0.2, 0.25) is 0 Å². The summed E-state index contributed by atoms with van der Waals surface area (Å²) in [6.07, 6.45) is 1.70. The molecule has 1 heterocycles. The van der Waals surface area contributed by atoms with Crippen molar-refractivity contribution in [2.75, 3.05) is 0 Å². The predicted molar refractivity (Wildman–Crippen MR) is 65.8 cm³/mol. The van der Waals surface area contributed by atoms with Crippen LogP contribution in [0.3, 0.4) is 0 Å². The molecule has 1 unspecified atom stereocenters. The number of pyridine rings is 1. The van der Waals surface area contributed by atoms with E-state index in [0.29, 0.717) is 5.56 Å². The van der Waals surface area contributed by atoms with Gasteiger partial charge in [0.15, 0.2) is 0 Å². The fourth-order valence-electron chi connectivity index (χ4n) is 1.68. The lowest BCUT2D eigenvalue weighted by Gasteiger charge is -2.13. The van der Waals surface area contributed by atoms with Crippen LogP contribution < -0.4 is 5.32 Å². The van der Waals surface area contributed by atoms with E-state index in [0.717, 1.165) is 17.8 Å². The topological polar surface area (TPSA) is 24.9 Å². The van der Waals surface area contributed by atoms with Crippen molar-refractivity contribution in [2.24, 2.45) is 0 Å². The van der Waals surface area contributed by atoms with Gasteiger partial charge in [0.25, 0.3) is 0 Å². The van der Waals surface area contributed by atoms with Crippen LogP contribution >= 0.6 is 0 Å². The van der Waals surface area contributed by atoms with Crippen LogP contribution in [0, 0.1) is 11.6 Å². The third kappa shape index (κ3) is 3.11. The van der Waals surface area contributed by atoms with Gasteiger partial charge in [-0.05, 0) is 37.3 Å². The molecule has 0 saturated carbocycles. The summed E-state index contributed by atoms with van der Waals surface area (Å²) in [5.74, 6) is -0.837. The van der Waals surface area contributed by atoms with Crippen molar-refractivity contribution in [2.45, 2.75) is 19.5 Å². The lowest BCUT2D eigenvalue weighted by Crippen LogP contribution is -2.19. The molecule has 1 atom stereocenters. The first-order valence-corrected chi connectivity index (χ1v) is 5.75. The van der Waals surface area contributed by atoms with Gasteiger partial charge in [0.2, 0.25) is 0 Å². The number of halogens is 2. The molecule has 4 heteroatoms. The molecule has 0 bridgehead atoms. The largest absolute Gasteiger partial charge is 0.305 e. The van der Waals surface area contributed by atoms with E-state index in [-0.39, 0.29) is 12.6 Å². The Morgan fingerprint density at radius 1 is 1.22 bits per heavy atom. The summed E-state index contributed by atoms with van der Waals surface area (Å²) < 4.78 is 26.4. The van der Waals surface area contributed by atoms with E-state index in [1.165, 1.54) is 6.07 Å². The Morgan fingerprint density at radius 3 is 2.78 bits per heavy atom. The van der Waals surface area contributed by atoms with Gasteiger partial charge in [-0.3, -0.25) is 4.98 Å². The first-order chi connectivity index (χ1) is 8.66. The SMILES string of the molecule is CC(NCc1cc(F)ccc1F)c1ccccn1. The molecular weight excluding hydrogens is 234 g/mol. The first kappa shape index (κ1) is 12.6. The van der Waals surface area contributed by atoms with Crippen LogP contribution in [0.15, 0.2) is 42.6 Å². The third-order valence-electron chi connectivity index (χ3n) is 2.74. The first-order valence-electron chi connectivity index (χ1n) is 5.75. The fourth-order valence-corrected chi connectivity index (χ4v) is 1.68. The molecule has 2 nitrogen and oxygen atoms in total. The molecular formula is C14H14F2N2. The number of aromatic nitrogens is 1. The van der Waals surface area contributed by atoms with Crippen molar-refractivity contribution in [3.63, 3.8) is 0 Å². The Hall–Kier alpha value is -1.81. The Labute approximate surface area is 105 Å². The van der Waals surface area contributed by atoms with Gasteiger partial charge < -0.3 is 5.32 Å². The highest BCUT2D eigenvalue weighted by Gasteiger charge is 2.08. The molecule has 0 spiro atoms. The zero-order chi connectivity index (χ0) is 13.0. The highest BCUT2D eigenvalue weighted by Crippen LogP contribution is 2.13. The van der Waals surface area contributed by atoms with Crippen molar-refractivity contribution in [1.29, 1.82) is 0 Å². The Kier molecular flexibility index (Phi) is 3.99. The molecule has 18 heavy (non-hydrogen) atoms. The number of hydrogen-bond donors (Lipinski definition) is 1. The van der Waals surface area contributed by atoms with Crippen LogP contribution in [0.5, 0.6) is 0 Å². The second-order valence-electron chi connectivity index (χ2n) is 4.09. The maximum atomic E-state index is 13.4. The van der Waals surface area contributed by atoms with Crippen molar-refractivity contribution in [3.8, 4) is 0 Å². The van der Waals surface area contributed by atoms with E-state index >= 15 is 0 Å². The van der Waals surface area contributed by atoms with Gasteiger partial charge in [-0.1, -0.05) is 6.07 Å². The highest BCUT2D eigenvalue weighted by molar-refractivity contribution is 5.19. The second-order valence-corrected chi connectivity index (χ2v) is 4.09. The summed E-state index contributed by atoms with van der Waals surface area (Å²) in [5.41, 5.74) is 1.19. The summed E-state index contributed by atoms with van der Waals surface area (Å²) in [4.78, 5) is 4.20. The van der Waals surface area contributed by atoms with Gasteiger partial charge in [0, 0.05) is 24.3 Å². The molecule has 0 fully saturated rings. The van der Waals surface area contributed by atoms with Crippen molar-refractivity contribution >= 4 is 0 Å². The number of nitrogens with one attached hydrogen (secondary N) is 1. The lowest BCUT2D eigenvalue weighted by molar-refractivity contribution is 0.529. The summed E-state index contributed by atoms with van der Waals surface area (Å²) in [6, 6.07) is 9.05. The summed E-state index contributed by atoms with van der Waals surface area (Å²) in [6.45, 7) is 2.20. The summed E-state index contributed by atoms with van der Waals surface area (Å²) in [7, 11) is 0. The molecule has 0 aliphatic carbocycles. The number of benzene rings is 1. The van der Waals surface area contributed by atoms with E-state index in [2.05, 4.69) is 10.3 Å². The molecule has 1 N–H and O–H groups in total. The Morgan fingerprint density at radius 2 is 2.06 bits per heavy atom. The maximum absolute atomic E-state index is 13.4. The van der Waals surface area contributed by atoms with E-state index in [1.54, 1.807) is 6.20 Å². The highest BCUT2D eigenvalue weighted by atomic mass is 19.1. The summed E-state index contributed by atoms with van der Waals surface area (Å²) in [5, 5.41) is 3.11. The van der Waals surface area contributed by atoms with Crippen LogP contribution in [-0.4, -0.2) is 4.98 Å². The average Bonchev–Trinajstić information content (AvgIpc) is 2.40. The van der Waals surface area contributed by atoms with Crippen LogP contribution in [0.1, 0.15) is 24.2 Å². The van der Waals surface area contributed by atoms with Gasteiger partial charge in [0.1, 0.15) is 11.6 Å². The fraction of sp³-hybridized carbons (Fsp3) is 0.214. The molecule has 2 aromatic rings. The van der Waals surface area contributed by atoms with Gasteiger partial charge in [-0.15, -0.1) is 0 Å². The average molecular weight is 248 g/mol. The van der Waals surface area contributed by atoms with Crippen molar-refractivity contribution in [3.05, 3.63) is 65.5 Å². The zero-order valence-electron chi connectivity index (χ0n) is 10.0. The monoisotopic (exact) mass is 248 g/mol. The van der Waals surface area contributed by atoms with Crippen molar-refractivity contribution in [1.82, 2.24) is 10.3 Å². The standard InChI is InChI=1S/C14H14F2N2/c1-10(14-4-2-3-7-17-14)18-9-11-8-12(15)5-6-13(11)16/h2-8,10,18H,9H2,1H3. The smallest absolute Gasteiger partial charge is 0.127 e. The number of rotatable bonds is 4. The minimum atomic E-state index is -0.432. The van der Waals surface area contributed by atoms with E-state index in [4.69, 9.17) is 0 Å². The lowest BCUT2D eigenvalue weighted by atomic mass is 10.1. The minimum Gasteiger partial charge on any atom is -0.305 e. The van der Waals surface area contributed by atoms with Crippen LogP contribution in [0.25, 0.3) is 0 Å². The molecule has 1 aromatic carbocycles. The molecule has 0 amide bonds. The Balaban J connectivity index is 2.01.